The molecule has 0 radical (unpaired) electrons. The van der Waals surface area contributed by atoms with E-state index >= 15 is 0 Å². The number of rotatable bonds is 4. The van der Waals surface area contributed by atoms with Crippen LogP contribution in [0.4, 0.5) is 17.2 Å². The summed E-state index contributed by atoms with van der Waals surface area (Å²) in [5.41, 5.74) is 9.72. The lowest BCUT2D eigenvalue weighted by atomic mass is 10.1. The highest BCUT2D eigenvalue weighted by atomic mass is 127. The first-order valence-electron chi connectivity index (χ1n) is 7.00. The van der Waals surface area contributed by atoms with Gasteiger partial charge in [0.1, 0.15) is 11.6 Å². The van der Waals surface area contributed by atoms with Gasteiger partial charge in [-0.2, -0.15) is 10.4 Å². The third-order valence-electron chi connectivity index (χ3n) is 3.39. The quantitative estimate of drug-likeness (QED) is 0.447. The largest absolute Gasteiger partial charge is 0.399 e. The van der Waals surface area contributed by atoms with Gasteiger partial charge in [0.05, 0.1) is 5.69 Å². The molecule has 0 saturated heterocycles. The molecule has 0 aliphatic heterocycles. The van der Waals surface area contributed by atoms with Crippen LogP contribution in [0.2, 0.25) is 0 Å². The van der Waals surface area contributed by atoms with Crippen LogP contribution >= 0.6 is 22.6 Å². The van der Waals surface area contributed by atoms with Crippen LogP contribution in [0.5, 0.6) is 0 Å². The SMILES string of the molecule is N#Cc1c(Nc2ccc(I)cc2)n[nH]c1Cc1cccc(N)c1. The molecule has 0 fully saturated rings. The molecular weight excluding hydrogens is 401 g/mol. The molecule has 0 saturated carbocycles. The van der Waals surface area contributed by atoms with Crippen LogP contribution in [0.1, 0.15) is 16.8 Å². The number of nitrogen functional groups attached to an aromatic ring is 1. The zero-order valence-electron chi connectivity index (χ0n) is 12.2. The number of aromatic amines is 1. The van der Waals surface area contributed by atoms with E-state index in [0.29, 0.717) is 23.5 Å². The third-order valence-corrected chi connectivity index (χ3v) is 4.11. The van der Waals surface area contributed by atoms with Crippen molar-refractivity contribution in [3.05, 3.63) is 68.9 Å². The van der Waals surface area contributed by atoms with Crippen LogP contribution in [0, 0.1) is 14.9 Å². The molecule has 6 heteroatoms. The number of nitriles is 1. The van der Waals surface area contributed by atoms with Crippen LogP contribution in [-0.2, 0) is 6.42 Å². The number of hydrogen-bond acceptors (Lipinski definition) is 4. The summed E-state index contributed by atoms with van der Waals surface area (Å²) in [6.45, 7) is 0. The van der Waals surface area contributed by atoms with Gasteiger partial charge >= 0.3 is 0 Å². The van der Waals surface area contributed by atoms with E-state index in [-0.39, 0.29) is 0 Å². The summed E-state index contributed by atoms with van der Waals surface area (Å²) < 4.78 is 1.15. The van der Waals surface area contributed by atoms with E-state index in [4.69, 9.17) is 5.73 Å². The number of anilines is 3. The summed E-state index contributed by atoms with van der Waals surface area (Å²) in [7, 11) is 0. The fraction of sp³-hybridized carbons (Fsp3) is 0.0588. The Morgan fingerprint density at radius 2 is 2.00 bits per heavy atom. The fourth-order valence-corrected chi connectivity index (χ4v) is 2.65. The van der Waals surface area contributed by atoms with Gasteiger partial charge in [-0.3, -0.25) is 5.10 Å². The zero-order valence-corrected chi connectivity index (χ0v) is 14.3. The Balaban J connectivity index is 1.85. The van der Waals surface area contributed by atoms with Crippen LogP contribution < -0.4 is 11.1 Å². The first kappa shape index (κ1) is 15.4. The predicted octanol–water partition coefficient (Wildman–Crippen LogP) is 3.80. The summed E-state index contributed by atoms with van der Waals surface area (Å²) in [5, 5.41) is 19.8. The van der Waals surface area contributed by atoms with Crippen molar-refractivity contribution in [3.8, 4) is 6.07 Å². The van der Waals surface area contributed by atoms with Crippen molar-refractivity contribution in [2.75, 3.05) is 11.1 Å². The maximum atomic E-state index is 9.47. The zero-order chi connectivity index (χ0) is 16.2. The van der Waals surface area contributed by atoms with E-state index in [1.54, 1.807) is 0 Å². The summed E-state index contributed by atoms with van der Waals surface area (Å²) in [4.78, 5) is 0. The molecule has 0 spiro atoms. The van der Waals surface area contributed by atoms with Crippen LogP contribution in [0.3, 0.4) is 0 Å². The lowest BCUT2D eigenvalue weighted by Crippen LogP contribution is -1.95. The van der Waals surface area contributed by atoms with E-state index in [9.17, 15) is 5.26 Å². The average molecular weight is 415 g/mol. The number of H-pyrrole nitrogens is 1. The molecule has 0 unspecified atom stereocenters. The molecule has 2 aromatic carbocycles. The lowest BCUT2D eigenvalue weighted by molar-refractivity contribution is 0.996. The Labute approximate surface area is 147 Å². The van der Waals surface area contributed by atoms with Crippen molar-refractivity contribution < 1.29 is 0 Å². The summed E-state index contributed by atoms with van der Waals surface area (Å²) in [6.07, 6.45) is 0.579. The first-order chi connectivity index (χ1) is 11.2. The molecule has 114 valence electrons. The molecule has 4 N–H and O–H groups in total. The van der Waals surface area contributed by atoms with Crippen molar-refractivity contribution in [1.82, 2.24) is 10.2 Å². The molecule has 0 aliphatic carbocycles. The normalized spacial score (nSPS) is 10.3. The maximum absolute atomic E-state index is 9.47. The Kier molecular flexibility index (Phi) is 4.48. The van der Waals surface area contributed by atoms with Crippen LogP contribution in [-0.4, -0.2) is 10.2 Å². The van der Waals surface area contributed by atoms with E-state index in [1.165, 1.54) is 0 Å². The van der Waals surface area contributed by atoms with Gasteiger partial charge in [0.2, 0.25) is 0 Å². The maximum Gasteiger partial charge on any atom is 0.170 e. The number of hydrogen-bond donors (Lipinski definition) is 3. The van der Waals surface area contributed by atoms with E-state index < -0.39 is 0 Å². The molecule has 3 aromatic rings. The summed E-state index contributed by atoms with van der Waals surface area (Å²) in [5.74, 6) is 0.535. The Morgan fingerprint density at radius 3 is 2.70 bits per heavy atom. The van der Waals surface area contributed by atoms with Gasteiger partial charge in [-0.25, -0.2) is 0 Å². The van der Waals surface area contributed by atoms with Crippen LogP contribution in [0.25, 0.3) is 0 Å². The minimum absolute atomic E-state index is 0.519. The molecule has 0 aliphatic rings. The van der Waals surface area contributed by atoms with E-state index in [1.807, 2.05) is 48.5 Å². The topological polar surface area (TPSA) is 90.5 Å². The third kappa shape index (κ3) is 3.63. The van der Waals surface area contributed by atoms with E-state index in [2.05, 4.69) is 44.2 Å². The van der Waals surface area contributed by atoms with Gasteiger partial charge in [-0.05, 0) is 64.6 Å². The number of nitrogens with zero attached hydrogens (tertiary/aromatic N) is 2. The monoisotopic (exact) mass is 415 g/mol. The predicted molar refractivity (Wildman–Crippen MR) is 99.4 cm³/mol. The second-order valence-corrected chi connectivity index (χ2v) is 6.34. The molecule has 0 atom stereocenters. The smallest absolute Gasteiger partial charge is 0.170 e. The fourth-order valence-electron chi connectivity index (χ4n) is 2.29. The highest BCUT2D eigenvalue weighted by Crippen LogP contribution is 2.23. The number of nitrogens with two attached hydrogens (primary N) is 1. The molecule has 0 bridgehead atoms. The molecular formula is C17H14IN5. The van der Waals surface area contributed by atoms with Gasteiger partial charge in [0.25, 0.3) is 0 Å². The first-order valence-corrected chi connectivity index (χ1v) is 8.08. The van der Waals surface area contributed by atoms with Crippen molar-refractivity contribution >= 4 is 39.8 Å². The number of aromatic nitrogens is 2. The van der Waals surface area contributed by atoms with Crippen molar-refractivity contribution in [2.24, 2.45) is 0 Å². The molecule has 0 amide bonds. The molecule has 1 aromatic heterocycles. The van der Waals surface area contributed by atoms with Gasteiger partial charge < -0.3 is 11.1 Å². The standard InChI is InChI=1S/C17H14IN5/c18-12-4-6-14(7-5-12)21-17-15(10-19)16(22-23-17)9-11-2-1-3-13(20)8-11/h1-8H,9,20H2,(H2,21,22,23). The van der Waals surface area contributed by atoms with Gasteiger partial charge in [-0.15, -0.1) is 0 Å². The minimum Gasteiger partial charge on any atom is -0.399 e. The van der Waals surface area contributed by atoms with Crippen molar-refractivity contribution in [1.29, 1.82) is 5.26 Å². The summed E-state index contributed by atoms with van der Waals surface area (Å²) in [6, 6.07) is 17.7. The second-order valence-electron chi connectivity index (χ2n) is 5.09. The van der Waals surface area contributed by atoms with Crippen molar-refractivity contribution in [2.45, 2.75) is 6.42 Å². The van der Waals surface area contributed by atoms with Gasteiger partial charge in [0.15, 0.2) is 5.82 Å². The lowest BCUT2D eigenvalue weighted by Gasteiger charge is -2.04. The highest BCUT2D eigenvalue weighted by molar-refractivity contribution is 14.1. The molecule has 23 heavy (non-hydrogen) atoms. The second kappa shape index (κ2) is 6.71. The van der Waals surface area contributed by atoms with Gasteiger partial charge in [0, 0.05) is 21.4 Å². The molecule has 1 heterocycles. The number of halogens is 1. The molecule has 3 rings (SSSR count). The van der Waals surface area contributed by atoms with Crippen molar-refractivity contribution in [3.63, 3.8) is 0 Å². The van der Waals surface area contributed by atoms with Crippen LogP contribution in [0.15, 0.2) is 48.5 Å². The Hall–Kier alpha value is -2.53. The Morgan fingerprint density at radius 1 is 1.22 bits per heavy atom. The Bertz CT molecular complexity index is 861. The molecule has 5 nitrogen and oxygen atoms in total. The minimum atomic E-state index is 0.519. The highest BCUT2D eigenvalue weighted by Gasteiger charge is 2.13. The van der Waals surface area contributed by atoms with Gasteiger partial charge in [-0.1, -0.05) is 12.1 Å². The number of nitrogens with one attached hydrogen (secondary N) is 2. The average Bonchev–Trinajstić information content (AvgIpc) is 2.91. The van der Waals surface area contributed by atoms with E-state index in [0.717, 1.165) is 20.5 Å². The number of benzene rings is 2. The summed E-state index contributed by atoms with van der Waals surface area (Å²) >= 11 is 2.25.